The maximum Gasteiger partial charge on any atom is 0.328 e. The van der Waals surface area contributed by atoms with Gasteiger partial charge in [-0.05, 0) is 34.9 Å². The van der Waals surface area contributed by atoms with Gasteiger partial charge in [-0.2, -0.15) is 0 Å². The summed E-state index contributed by atoms with van der Waals surface area (Å²) in [5.74, 6) is -1.27. The van der Waals surface area contributed by atoms with Crippen LogP contribution in [0.15, 0.2) is 0 Å². The van der Waals surface area contributed by atoms with Gasteiger partial charge in [0.25, 0.3) is 0 Å². The SMILES string of the molecule is CC(O)C(NC(=O)NCC(C)(C)N(C)C)C(=O)O. The number of aliphatic carboxylic acids is 1. The topological polar surface area (TPSA) is 102 Å². The van der Waals surface area contributed by atoms with E-state index >= 15 is 0 Å². The van der Waals surface area contributed by atoms with Crippen molar-refractivity contribution in [2.24, 2.45) is 0 Å². The van der Waals surface area contributed by atoms with Gasteiger partial charge in [0.2, 0.25) is 0 Å². The van der Waals surface area contributed by atoms with E-state index in [1.807, 2.05) is 32.8 Å². The number of likely N-dealkylation sites (N-methyl/N-ethyl adjacent to an activating group) is 1. The highest BCUT2D eigenvalue weighted by Crippen LogP contribution is 2.07. The molecule has 106 valence electrons. The Labute approximate surface area is 107 Å². The molecule has 4 N–H and O–H groups in total. The van der Waals surface area contributed by atoms with Crippen molar-refractivity contribution >= 4 is 12.0 Å². The number of carboxylic acid groups (broad SMARTS) is 1. The van der Waals surface area contributed by atoms with Crippen LogP contribution in [0, 0.1) is 0 Å². The summed E-state index contributed by atoms with van der Waals surface area (Å²) >= 11 is 0. The van der Waals surface area contributed by atoms with E-state index in [1.54, 1.807) is 0 Å². The van der Waals surface area contributed by atoms with E-state index < -0.39 is 24.1 Å². The number of aliphatic hydroxyl groups is 1. The van der Waals surface area contributed by atoms with Gasteiger partial charge in [-0.25, -0.2) is 9.59 Å². The molecule has 7 nitrogen and oxygen atoms in total. The van der Waals surface area contributed by atoms with Gasteiger partial charge in [0.1, 0.15) is 0 Å². The summed E-state index contributed by atoms with van der Waals surface area (Å²) in [4.78, 5) is 24.2. The molecule has 0 aromatic carbocycles. The number of carbonyl (C=O) groups excluding carboxylic acids is 1. The number of rotatable bonds is 6. The normalized spacial score (nSPS) is 15.1. The van der Waals surface area contributed by atoms with Crippen molar-refractivity contribution in [2.75, 3.05) is 20.6 Å². The minimum atomic E-state index is -1.31. The Balaban J connectivity index is 4.31. The van der Waals surface area contributed by atoms with Crippen molar-refractivity contribution in [3.05, 3.63) is 0 Å². The van der Waals surface area contributed by atoms with Crippen LogP contribution >= 0.6 is 0 Å². The molecule has 0 aliphatic rings. The molecule has 0 fully saturated rings. The largest absolute Gasteiger partial charge is 0.480 e. The van der Waals surface area contributed by atoms with Gasteiger partial charge in [0.15, 0.2) is 6.04 Å². The average molecular weight is 261 g/mol. The van der Waals surface area contributed by atoms with Crippen LogP contribution in [0.3, 0.4) is 0 Å². The fraction of sp³-hybridized carbons (Fsp3) is 0.818. The minimum Gasteiger partial charge on any atom is -0.480 e. The van der Waals surface area contributed by atoms with Gasteiger partial charge in [0, 0.05) is 12.1 Å². The number of hydrogen-bond acceptors (Lipinski definition) is 4. The van der Waals surface area contributed by atoms with Crippen LogP contribution in [0.5, 0.6) is 0 Å². The fourth-order valence-corrected chi connectivity index (χ4v) is 1.04. The van der Waals surface area contributed by atoms with Crippen LogP contribution in [-0.4, -0.2) is 65.4 Å². The standard InChI is InChI=1S/C11H23N3O4/c1-7(15)8(9(16)17)13-10(18)12-6-11(2,3)14(4)5/h7-8,15H,6H2,1-5H3,(H,16,17)(H2,12,13,18). The number of aliphatic hydroxyl groups excluding tert-OH is 1. The van der Waals surface area contributed by atoms with Crippen LogP contribution in [0.2, 0.25) is 0 Å². The van der Waals surface area contributed by atoms with Gasteiger partial charge in [-0.1, -0.05) is 0 Å². The van der Waals surface area contributed by atoms with Crippen LogP contribution in [0.1, 0.15) is 20.8 Å². The van der Waals surface area contributed by atoms with E-state index in [0.29, 0.717) is 6.54 Å². The first-order chi connectivity index (χ1) is 8.08. The van der Waals surface area contributed by atoms with Gasteiger partial charge < -0.3 is 25.7 Å². The Morgan fingerprint density at radius 3 is 2.17 bits per heavy atom. The summed E-state index contributed by atoms with van der Waals surface area (Å²) in [5.41, 5.74) is -0.249. The summed E-state index contributed by atoms with van der Waals surface area (Å²) in [6.45, 7) is 5.55. The van der Waals surface area contributed by atoms with E-state index in [4.69, 9.17) is 5.11 Å². The molecule has 0 bridgehead atoms. The molecule has 0 rings (SSSR count). The molecule has 0 aliphatic heterocycles. The van der Waals surface area contributed by atoms with Crippen molar-refractivity contribution in [1.82, 2.24) is 15.5 Å². The predicted octanol–water partition coefficient (Wildman–Crippen LogP) is -0.540. The molecule has 2 atom stereocenters. The summed E-state index contributed by atoms with van der Waals surface area (Å²) in [6, 6.07) is -1.93. The third kappa shape index (κ3) is 5.33. The number of hydrogen-bond donors (Lipinski definition) is 4. The van der Waals surface area contributed by atoms with Gasteiger partial charge >= 0.3 is 12.0 Å². The molecule has 0 saturated heterocycles. The first kappa shape index (κ1) is 16.7. The molecule has 0 aromatic heterocycles. The molecule has 0 aromatic rings. The minimum absolute atomic E-state index is 0.249. The van der Waals surface area contributed by atoms with E-state index in [0.717, 1.165) is 0 Å². The summed E-state index contributed by atoms with van der Waals surface area (Å²) in [7, 11) is 3.77. The van der Waals surface area contributed by atoms with Crippen molar-refractivity contribution in [3.63, 3.8) is 0 Å². The molecule has 0 aliphatic carbocycles. The molecule has 18 heavy (non-hydrogen) atoms. The molecule has 2 amide bonds. The summed E-state index contributed by atoms with van der Waals surface area (Å²) in [5, 5.41) is 22.8. The van der Waals surface area contributed by atoms with Crippen molar-refractivity contribution < 1.29 is 19.8 Å². The predicted molar refractivity (Wildman–Crippen MR) is 67.4 cm³/mol. The first-order valence-electron chi connectivity index (χ1n) is 5.70. The smallest absolute Gasteiger partial charge is 0.328 e. The Morgan fingerprint density at radius 2 is 1.83 bits per heavy atom. The zero-order valence-corrected chi connectivity index (χ0v) is 11.5. The molecule has 0 heterocycles. The number of nitrogens with one attached hydrogen (secondary N) is 2. The lowest BCUT2D eigenvalue weighted by atomic mass is 10.0. The van der Waals surface area contributed by atoms with Crippen molar-refractivity contribution in [1.29, 1.82) is 0 Å². The van der Waals surface area contributed by atoms with Gasteiger partial charge in [-0.15, -0.1) is 0 Å². The van der Waals surface area contributed by atoms with Crippen LogP contribution in [-0.2, 0) is 4.79 Å². The second kappa shape index (κ2) is 6.55. The lowest BCUT2D eigenvalue weighted by Crippen LogP contribution is -2.55. The first-order valence-corrected chi connectivity index (χ1v) is 5.70. The highest BCUT2D eigenvalue weighted by molar-refractivity contribution is 5.82. The highest BCUT2D eigenvalue weighted by Gasteiger charge is 2.26. The molecule has 0 spiro atoms. The maximum atomic E-state index is 11.5. The van der Waals surface area contributed by atoms with Crippen molar-refractivity contribution in [3.8, 4) is 0 Å². The number of nitrogens with zero attached hydrogens (tertiary/aromatic N) is 1. The van der Waals surface area contributed by atoms with Crippen LogP contribution in [0.25, 0.3) is 0 Å². The number of amides is 2. The summed E-state index contributed by atoms with van der Waals surface area (Å²) in [6.07, 6.45) is -1.16. The zero-order chi connectivity index (χ0) is 14.5. The van der Waals surface area contributed by atoms with Crippen molar-refractivity contribution in [2.45, 2.75) is 38.5 Å². The third-order valence-electron chi connectivity index (χ3n) is 2.93. The molecule has 2 unspecified atom stereocenters. The number of carbonyl (C=O) groups is 2. The maximum absolute atomic E-state index is 11.5. The van der Waals surface area contributed by atoms with E-state index in [9.17, 15) is 14.7 Å². The Hall–Kier alpha value is -1.34. The highest BCUT2D eigenvalue weighted by atomic mass is 16.4. The Kier molecular flexibility index (Phi) is 6.07. The lowest BCUT2D eigenvalue weighted by Gasteiger charge is -2.32. The monoisotopic (exact) mass is 261 g/mol. The Bertz CT molecular complexity index is 303. The Morgan fingerprint density at radius 1 is 1.33 bits per heavy atom. The molecular formula is C11H23N3O4. The molecule has 0 saturated carbocycles. The summed E-state index contributed by atoms with van der Waals surface area (Å²) < 4.78 is 0. The van der Waals surface area contributed by atoms with Crippen LogP contribution in [0.4, 0.5) is 4.79 Å². The zero-order valence-electron chi connectivity index (χ0n) is 11.5. The van der Waals surface area contributed by atoms with Gasteiger partial charge in [0.05, 0.1) is 6.10 Å². The second-order valence-electron chi connectivity index (χ2n) is 5.09. The van der Waals surface area contributed by atoms with Crippen LogP contribution < -0.4 is 10.6 Å². The second-order valence-corrected chi connectivity index (χ2v) is 5.09. The molecule has 0 radical (unpaired) electrons. The number of carboxylic acids is 1. The fourth-order valence-electron chi connectivity index (χ4n) is 1.04. The number of urea groups is 1. The quantitative estimate of drug-likeness (QED) is 0.514. The average Bonchev–Trinajstić information content (AvgIpc) is 2.22. The van der Waals surface area contributed by atoms with Gasteiger partial charge in [-0.3, -0.25) is 0 Å². The van der Waals surface area contributed by atoms with E-state index in [-0.39, 0.29) is 5.54 Å². The lowest BCUT2D eigenvalue weighted by molar-refractivity contribution is -0.141. The third-order valence-corrected chi connectivity index (χ3v) is 2.93. The molecule has 7 heteroatoms. The van der Waals surface area contributed by atoms with E-state index in [2.05, 4.69) is 10.6 Å². The molecular weight excluding hydrogens is 238 g/mol. The van der Waals surface area contributed by atoms with E-state index in [1.165, 1.54) is 6.92 Å².